The van der Waals surface area contributed by atoms with Crippen LogP contribution in [0.3, 0.4) is 0 Å². The number of nitrogens with one attached hydrogen (secondary N) is 3. The number of rotatable bonds is 12. The predicted octanol–water partition coefficient (Wildman–Crippen LogP) is -2.61. The van der Waals surface area contributed by atoms with Crippen LogP contribution in [-0.2, 0) is 24.0 Å². The van der Waals surface area contributed by atoms with Crippen LogP contribution in [0.2, 0.25) is 0 Å². The van der Waals surface area contributed by atoms with E-state index < -0.39 is 60.4 Å². The predicted molar refractivity (Wildman–Crippen MR) is 95.9 cm³/mol. The molecule has 160 valence electrons. The zero-order chi connectivity index (χ0) is 22.0. The monoisotopic (exact) mass is 404 g/mol. The van der Waals surface area contributed by atoms with Crippen molar-refractivity contribution in [1.82, 2.24) is 16.0 Å². The van der Waals surface area contributed by atoms with Crippen LogP contribution in [0.4, 0.5) is 0 Å². The number of aliphatic hydroxyl groups excluding tert-OH is 1. The van der Waals surface area contributed by atoms with E-state index in [0.29, 0.717) is 0 Å². The maximum absolute atomic E-state index is 12.4. The Kier molecular flexibility index (Phi) is 10.7. The van der Waals surface area contributed by atoms with Crippen LogP contribution < -0.4 is 21.7 Å². The number of carbonyl (C=O) groups excluding carboxylic acids is 3. The largest absolute Gasteiger partial charge is 0.481 e. The molecule has 4 unspecified atom stereocenters. The fraction of sp³-hybridized carbons (Fsp3) is 0.688. The van der Waals surface area contributed by atoms with Crippen LogP contribution in [-0.4, -0.2) is 75.8 Å². The molecule has 0 aliphatic carbocycles. The first-order valence-corrected chi connectivity index (χ1v) is 8.62. The van der Waals surface area contributed by atoms with E-state index in [1.54, 1.807) is 13.8 Å². The van der Waals surface area contributed by atoms with Crippen molar-refractivity contribution in [1.29, 1.82) is 0 Å². The standard InChI is InChI=1S/C16H28N4O8/c1-7(2)12(20-14(25)9(17)4-5-11(22)23)15(26)18-8(3)13(24)19-10(6-21)16(27)28/h7-10,12,21H,4-6,17H2,1-3H3,(H,18,26)(H,19,24)(H,20,25)(H,22,23)(H,27,28). The number of hydrogen-bond acceptors (Lipinski definition) is 7. The summed E-state index contributed by atoms with van der Waals surface area (Å²) < 4.78 is 0. The van der Waals surface area contributed by atoms with Gasteiger partial charge in [0.05, 0.1) is 12.6 Å². The highest BCUT2D eigenvalue weighted by Crippen LogP contribution is 2.04. The molecule has 0 rings (SSSR count). The van der Waals surface area contributed by atoms with Crippen LogP contribution >= 0.6 is 0 Å². The number of hydrogen-bond donors (Lipinski definition) is 7. The number of aliphatic hydroxyl groups is 1. The van der Waals surface area contributed by atoms with Gasteiger partial charge in [-0.15, -0.1) is 0 Å². The second-order valence-corrected chi connectivity index (χ2v) is 6.58. The van der Waals surface area contributed by atoms with Gasteiger partial charge >= 0.3 is 11.9 Å². The molecule has 0 aromatic heterocycles. The van der Waals surface area contributed by atoms with Gasteiger partial charge in [0.15, 0.2) is 0 Å². The van der Waals surface area contributed by atoms with Gasteiger partial charge in [-0.3, -0.25) is 19.2 Å². The van der Waals surface area contributed by atoms with E-state index in [0.717, 1.165) is 0 Å². The van der Waals surface area contributed by atoms with E-state index in [-0.39, 0.29) is 18.8 Å². The summed E-state index contributed by atoms with van der Waals surface area (Å²) in [7, 11) is 0. The second-order valence-electron chi connectivity index (χ2n) is 6.58. The minimum absolute atomic E-state index is 0.107. The molecular formula is C16H28N4O8. The number of amides is 3. The van der Waals surface area contributed by atoms with Crippen molar-refractivity contribution in [2.45, 2.75) is 57.8 Å². The Morgan fingerprint density at radius 2 is 1.46 bits per heavy atom. The first-order chi connectivity index (χ1) is 12.9. The molecule has 0 saturated carbocycles. The average Bonchev–Trinajstić information content (AvgIpc) is 2.60. The summed E-state index contributed by atoms with van der Waals surface area (Å²) in [6.45, 7) is 3.77. The zero-order valence-corrected chi connectivity index (χ0v) is 16.0. The van der Waals surface area contributed by atoms with Gasteiger partial charge in [-0.1, -0.05) is 13.8 Å². The highest BCUT2D eigenvalue weighted by atomic mass is 16.4. The van der Waals surface area contributed by atoms with Gasteiger partial charge in [0, 0.05) is 6.42 Å². The minimum Gasteiger partial charge on any atom is -0.481 e. The number of carbonyl (C=O) groups is 5. The van der Waals surface area contributed by atoms with Gasteiger partial charge in [0.1, 0.15) is 18.1 Å². The number of carboxylic acid groups (broad SMARTS) is 2. The Balaban J connectivity index is 4.89. The van der Waals surface area contributed by atoms with Crippen LogP contribution in [0.5, 0.6) is 0 Å². The highest BCUT2D eigenvalue weighted by molar-refractivity contribution is 5.94. The van der Waals surface area contributed by atoms with Crippen molar-refractivity contribution in [2.24, 2.45) is 11.7 Å². The van der Waals surface area contributed by atoms with Gasteiger partial charge in [0.2, 0.25) is 17.7 Å². The quantitative estimate of drug-likeness (QED) is 0.181. The lowest BCUT2D eigenvalue weighted by Gasteiger charge is -2.25. The minimum atomic E-state index is -1.51. The molecule has 28 heavy (non-hydrogen) atoms. The normalized spacial score (nSPS) is 15.1. The molecule has 3 amide bonds. The van der Waals surface area contributed by atoms with Gasteiger partial charge in [-0.05, 0) is 19.3 Å². The SMILES string of the molecule is CC(NC(=O)C(NC(=O)C(N)CCC(=O)O)C(C)C)C(=O)NC(CO)C(=O)O. The third-order valence-corrected chi connectivity index (χ3v) is 3.80. The summed E-state index contributed by atoms with van der Waals surface area (Å²) >= 11 is 0. The fourth-order valence-electron chi connectivity index (χ4n) is 2.06. The van der Waals surface area contributed by atoms with Crippen LogP contribution in [0.25, 0.3) is 0 Å². The summed E-state index contributed by atoms with van der Waals surface area (Å²) in [6, 6.07) is -4.82. The van der Waals surface area contributed by atoms with Gasteiger partial charge in [-0.2, -0.15) is 0 Å². The molecule has 12 nitrogen and oxygen atoms in total. The summed E-state index contributed by atoms with van der Waals surface area (Å²) in [5.74, 6) is -5.16. The number of nitrogens with two attached hydrogens (primary N) is 1. The summed E-state index contributed by atoms with van der Waals surface area (Å²) in [5.41, 5.74) is 5.61. The molecule has 0 aliphatic heterocycles. The third-order valence-electron chi connectivity index (χ3n) is 3.80. The first-order valence-electron chi connectivity index (χ1n) is 8.62. The number of aliphatic carboxylic acids is 2. The van der Waals surface area contributed by atoms with Crippen LogP contribution in [0.1, 0.15) is 33.6 Å². The van der Waals surface area contributed by atoms with Gasteiger partial charge in [0.25, 0.3) is 0 Å². The molecule has 12 heteroatoms. The lowest BCUT2D eigenvalue weighted by Crippen LogP contribution is -2.58. The highest BCUT2D eigenvalue weighted by Gasteiger charge is 2.29. The van der Waals surface area contributed by atoms with Crippen LogP contribution in [0.15, 0.2) is 0 Å². The third kappa shape index (κ3) is 8.77. The molecule has 0 saturated heterocycles. The molecule has 0 bridgehead atoms. The molecule has 0 heterocycles. The Morgan fingerprint density at radius 3 is 1.89 bits per heavy atom. The van der Waals surface area contributed by atoms with E-state index in [1.165, 1.54) is 6.92 Å². The van der Waals surface area contributed by atoms with Crippen molar-refractivity contribution in [3.8, 4) is 0 Å². The Bertz CT molecular complexity index is 595. The summed E-state index contributed by atoms with van der Waals surface area (Å²) in [5, 5.41) is 33.2. The Morgan fingerprint density at radius 1 is 0.893 bits per heavy atom. The number of carboxylic acids is 2. The molecule has 0 radical (unpaired) electrons. The van der Waals surface area contributed by atoms with Gasteiger partial charge in [-0.25, -0.2) is 4.79 Å². The molecule has 8 N–H and O–H groups in total. The zero-order valence-electron chi connectivity index (χ0n) is 16.0. The lowest BCUT2D eigenvalue weighted by molar-refractivity contribution is -0.143. The van der Waals surface area contributed by atoms with Crippen molar-refractivity contribution in [2.75, 3.05) is 6.61 Å². The van der Waals surface area contributed by atoms with Crippen molar-refractivity contribution in [3.05, 3.63) is 0 Å². The first kappa shape index (κ1) is 25.3. The molecule has 0 aliphatic rings. The molecule has 0 fully saturated rings. The lowest BCUT2D eigenvalue weighted by atomic mass is 10.0. The molecule has 0 aromatic carbocycles. The van der Waals surface area contributed by atoms with Gasteiger partial charge < -0.3 is 37.0 Å². The smallest absolute Gasteiger partial charge is 0.328 e. The van der Waals surface area contributed by atoms with E-state index in [4.69, 9.17) is 21.1 Å². The maximum Gasteiger partial charge on any atom is 0.328 e. The van der Waals surface area contributed by atoms with Crippen LogP contribution in [0, 0.1) is 5.92 Å². The molecule has 4 atom stereocenters. The van der Waals surface area contributed by atoms with Crippen molar-refractivity contribution in [3.63, 3.8) is 0 Å². The van der Waals surface area contributed by atoms with E-state index in [9.17, 15) is 24.0 Å². The molecule has 0 aromatic rings. The topological polar surface area (TPSA) is 208 Å². The van der Waals surface area contributed by atoms with Crippen molar-refractivity contribution >= 4 is 29.7 Å². The van der Waals surface area contributed by atoms with Crippen molar-refractivity contribution < 1.29 is 39.3 Å². The molecular weight excluding hydrogens is 376 g/mol. The molecule has 0 spiro atoms. The van der Waals surface area contributed by atoms with E-state index in [2.05, 4.69) is 16.0 Å². The summed E-state index contributed by atoms with van der Waals surface area (Å²) in [6.07, 6.45) is -0.413. The van der Waals surface area contributed by atoms with E-state index in [1.807, 2.05) is 0 Å². The average molecular weight is 404 g/mol. The Hall–Kier alpha value is -2.73. The van der Waals surface area contributed by atoms with E-state index >= 15 is 0 Å². The second kappa shape index (κ2) is 11.9. The Labute approximate surface area is 161 Å². The summed E-state index contributed by atoms with van der Waals surface area (Å²) in [4.78, 5) is 57.8. The maximum atomic E-state index is 12.4. The fourth-order valence-corrected chi connectivity index (χ4v) is 2.06.